The minimum absolute atomic E-state index is 0.371. The van der Waals surface area contributed by atoms with Gasteiger partial charge in [-0.25, -0.2) is 4.79 Å². The summed E-state index contributed by atoms with van der Waals surface area (Å²) < 4.78 is 10.1. The van der Waals surface area contributed by atoms with E-state index >= 15 is 0 Å². The zero-order valence-corrected chi connectivity index (χ0v) is 13.5. The van der Waals surface area contributed by atoms with Gasteiger partial charge in [0.15, 0.2) is 18.2 Å². The van der Waals surface area contributed by atoms with Crippen LogP contribution in [-0.2, 0) is 14.3 Å². The first-order valence-electron chi connectivity index (χ1n) is 7.63. The fourth-order valence-corrected chi connectivity index (χ4v) is 2.40. The van der Waals surface area contributed by atoms with Crippen molar-refractivity contribution in [3.8, 4) is 0 Å². The second-order valence-electron chi connectivity index (χ2n) is 5.91. The van der Waals surface area contributed by atoms with Crippen LogP contribution in [-0.4, -0.2) is 75.5 Å². The Kier molecular flexibility index (Phi) is 6.22. The van der Waals surface area contributed by atoms with E-state index in [9.17, 15) is 24.9 Å². The molecule has 0 spiro atoms. The van der Waals surface area contributed by atoms with Crippen molar-refractivity contribution in [2.45, 2.75) is 43.7 Å². The molecule has 1 fully saturated rings. The fourth-order valence-electron chi connectivity index (χ4n) is 2.40. The number of hydrogen-bond donors (Lipinski definition) is 5. The first-order valence-corrected chi connectivity index (χ1v) is 7.63. The number of aryl methyl sites for hydroxylation is 1. The van der Waals surface area contributed by atoms with Gasteiger partial charge < -0.3 is 35.6 Å². The SMILES string of the molecule is Cc1ccc(C(=O)C(N)CO[C@@H]2O[C@H](C(=O)O)[C@@H](O)[C@H](O)[C@H]2O)cc1. The van der Waals surface area contributed by atoms with E-state index in [2.05, 4.69) is 0 Å². The highest BCUT2D eigenvalue weighted by Gasteiger charge is 2.47. The first-order chi connectivity index (χ1) is 11.7. The minimum atomic E-state index is -1.81. The lowest BCUT2D eigenvalue weighted by Crippen LogP contribution is -2.60. The number of Topliss-reactive ketones (excluding diaryl/α,β-unsaturated/α-hetero) is 1. The third-order valence-corrected chi connectivity index (χ3v) is 3.93. The summed E-state index contributed by atoms with van der Waals surface area (Å²) in [7, 11) is 0. The predicted molar refractivity (Wildman–Crippen MR) is 83.8 cm³/mol. The quantitative estimate of drug-likeness (QED) is 0.379. The molecule has 1 aliphatic rings. The number of aliphatic hydroxyl groups excluding tert-OH is 3. The molecule has 138 valence electrons. The molecule has 0 aromatic heterocycles. The van der Waals surface area contributed by atoms with Crippen molar-refractivity contribution in [3.63, 3.8) is 0 Å². The molecule has 1 unspecified atom stereocenters. The summed E-state index contributed by atoms with van der Waals surface area (Å²) in [5, 5.41) is 38.1. The van der Waals surface area contributed by atoms with Crippen LogP contribution in [0.15, 0.2) is 24.3 Å². The summed E-state index contributed by atoms with van der Waals surface area (Å²) in [5.41, 5.74) is 7.13. The lowest BCUT2D eigenvalue weighted by atomic mass is 9.99. The number of carbonyl (C=O) groups excluding carboxylic acids is 1. The monoisotopic (exact) mass is 355 g/mol. The molecule has 0 radical (unpaired) electrons. The van der Waals surface area contributed by atoms with Crippen molar-refractivity contribution in [3.05, 3.63) is 35.4 Å². The van der Waals surface area contributed by atoms with Gasteiger partial charge in [0, 0.05) is 5.56 Å². The van der Waals surface area contributed by atoms with Crippen molar-refractivity contribution in [2.24, 2.45) is 5.73 Å². The summed E-state index contributed by atoms with van der Waals surface area (Å²) in [6.45, 7) is 1.50. The zero-order chi connectivity index (χ0) is 18.7. The summed E-state index contributed by atoms with van der Waals surface area (Å²) in [6, 6.07) is 5.66. The van der Waals surface area contributed by atoms with E-state index in [4.69, 9.17) is 20.3 Å². The van der Waals surface area contributed by atoms with Crippen LogP contribution < -0.4 is 5.73 Å². The van der Waals surface area contributed by atoms with Crippen LogP contribution in [0, 0.1) is 6.92 Å². The number of carboxylic acid groups (broad SMARTS) is 1. The van der Waals surface area contributed by atoms with Crippen LogP contribution in [0.3, 0.4) is 0 Å². The molecule has 6 atom stereocenters. The Morgan fingerprint density at radius 1 is 1.16 bits per heavy atom. The van der Waals surface area contributed by atoms with E-state index in [-0.39, 0.29) is 6.61 Å². The van der Waals surface area contributed by atoms with Gasteiger partial charge in [0.1, 0.15) is 18.3 Å². The molecule has 9 heteroatoms. The molecule has 1 aromatic carbocycles. The van der Waals surface area contributed by atoms with Crippen LogP contribution >= 0.6 is 0 Å². The van der Waals surface area contributed by atoms with Gasteiger partial charge in [-0.05, 0) is 6.92 Å². The van der Waals surface area contributed by atoms with E-state index < -0.39 is 48.5 Å². The van der Waals surface area contributed by atoms with Gasteiger partial charge in [0.25, 0.3) is 0 Å². The molecule has 2 rings (SSSR count). The average Bonchev–Trinajstić information content (AvgIpc) is 2.58. The Bertz CT molecular complexity index is 619. The van der Waals surface area contributed by atoms with E-state index in [0.717, 1.165) is 5.56 Å². The minimum Gasteiger partial charge on any atom is -0.479 e. The molecule has 1 saturated heterocycles. The van der Waals surface area contributed by atoms with Crippen molar-refractivity contribution in [1.29, 1.82) is 0 Å². The average molecular weight is 355 g/mol. The van der Waals surface area contributed by atoms with Gasteiger partial charge in [-0.1, -0.05) is 29.8 Å². The molecule has 0 aliphatic carbocycles. The number of benzene rings is 1. The van der Waals surface area contributed by atoms with Crippen molar-refractivity contribution >= 4 is 11.8 Å². The van der Waals surface area contributed by atoms with Gasteiger partial charge in [0.2, 0.25) is 0 Å². The number of nitrogens with two attached hydrogens (primary N) is 1. The second-order valence-corrected chi connectivity index (χ2v) is 5.91. The number of hydrogen-bond acceptors (Lipinski definition) is 8. The van der Waals surface area contributed by atoms with Gasteiger partial charge >= 0.3 is 5.97 Å². The van der Waals surface area contributed by atoms with Crippen LogP contribution in [0.4, 0.5) is 0 Å². The Labute approximate surface area is 143 Å². The van der Waals surface area contributed by atoms with Crippen LogP contribution in [0.2, 0.25) is 0 Å². The Morgan fingerprint density at radius 2 is 1.76 bits per heavy atom. The molecule has 0 saturated carbocycles. The number of ketones is 1. The van der Waals surface area contributed by atoms with E-state index in [1.807, 2.05) is 6.92 Å². The van der Waals surface area contributed by atoms with Crippen molar-refractivity contribution in [1.82, 2.24) is 0 Å². The molecule has 1 aliphatic heterocycles. The molecule has 0 bridgehead atoms. The van der Waals surface area contributed by atoms with Gasteiger partial charge in [-0.3, -0.25) is 4.79 Å². The normalized spacial score (nSPS) is 30.7. The fraction of sp³-hybridized carbons (Fsp3) is 0.500. The number of aliphatic hydroxyl groups is 3. The Morgan fingerprint density at radius 3 is 2.32 bits per heavy atom. The van der Waals surface area contributed by atoms with Crippen molar-refractivity contribution in [2.75, 3.05) is 6.61 Å². The zero-order valence-electron chi connectivity index (χ0n) is 13.5. The maximum Gasteiger partial charge on any atom is 0.335 e. The molecule has 9 nitrogen and oxygen atoms in total. The smallest absolute Gasteiger partial charge is 0.335 e. The number of carboxylic acids is 1. The first kappa shape index (κ1) is 19.4. The predicted octanol–water partition coefficient (Wildman–Crippen LogP) is -1.59. The number of rotatable bonds is 6. The van der Waals surface area contributed by atoms with E-state index in [0.29, 0.717) is 5.56 Å². The Hall–Kier alpha value is -1.88. The number of aliphatic carboxylic acids is 1. The highest BCUT2D eigenvalue weighted by molar-refractivity contribution is 6.00. The Balaban J connectivity index is 1.97. The molecule has 25 heavy (non-hydrogen) atoms. The summed E-state index contributed by atoms with van der Waals surface area (Å²) >= 11 is 0. The van der Waals surface area contributed by atoms with Gasteiger partial charge in [-0.2, -0.15) is 0 Å². The molecular weight excluding hydrogens is 334 g/mol. The molecular formula is C16H21NO8. The van der Waals surface area contributed by atoms with Crippen LogP contribution in [0.1, 0.15) is 15.9 Å². The van der Waals surface area contributed by atoms with E-state index in [1.165, 1.54) is 0 Å². The van der Waals surface area contributed by atoms with Gasteiger partial charge in [-0.15, -0.1) is 0 Å². The molecule has 1 aromatic rings. The lowest BCUT2D eigenvalue weighted by molar-refractivity contribution is -0.294. The third-order valence-electron chi connectivity index (χ3n) is 3.93. The highest BCUT2D eigenvalue weighted by atomic mass is 16.7. The standard InChI is InChI=1S/C16H21NO8/c1-7-2-4-8(5-3-7)10(18)9(17)6-24-16-13(21)11(19)12(20)14(25-16)15(22)23/h2-5,9,11-14,16,19-21H,6,17H2,1H3,(H,22,23)/t9?,11-,12-,13+,14-,16+/m0/s1. The maximum atomic E-state index is 12.2. The maximum absolute atomic E-state index is 12.2. The largest absolute Gasteiger partial charge is 0.479 e. The summed E-state index contributed by atoms with van der Waals surface area (Å²) in [4.78, 5) is 23.2. The van der Waals surface area contributed by atoms with Gasteiger partial charge in [0.05, 0.1) is 12.6 Å². The molecule has 0 amide bonds. The van der Waals surface area contributed by atoms with E-state index in [1.54, 1.807) is 24.3 Å². The molecule has 1 heterocycles. The summed E-state index contributed by atoms with van der Waals surface area (Å²) in [5.74, 6) is -1.92. The molecule has 6 N–H and O–H groups in total. The second kappa shape index (κ2) is 8.00. The third kappa shape index (κ3) is 4.40. The van der Waals surface area contributed by atoms with Crippen LogP contribution in [0.5, 0.6) is 0 Å². The van der Waals surface area contributed by atoms with Crippen LogP contribution in [0.25, 0.3) is 0 Å². The van der Waals surface area contributed by atoms with Crippen molar-refractivity contribution < 1.29 is 39.5 Å². The summed E-state index contributed by atoms with van der Waals surface area (Å²) in [6.07, 6.45) is -8.59. The number of carbonyl (C=O) groups is 2. The number of ether oxygens (including phenoxy) is 2. The topological polar surface area (TPSA) is 160 Å². The lowest BCUT2D eigenvalue weighted by Gasteiger charge is -2.38. The highest BCUT2D eigenvalue weighted by Crippen LogP contribution is 2.22.